The van der Waals surface area contributed by atoms with Crippen LogP contribution < -0.4 is 0 Å². The van der Waals surface area contributed by atoms with E-state index in [0.717, 1.165) is 51.4 Å². The number of rotatable bonds is 7. The van der Waals surface area contributed by atoms with Crippen LogP contribution in [0.3, 0.4) is 0 Å². The molecule has 0 bridgehead atoms. The van der Waals surface area contributed by atoms with Crippen molar-refractivity contribution in [2.45, 2.75) is 78.6 Å². The summed E-state index contributed by atoms with van der Waals surface area (Å²) in [5, 5.41) is 0. The Bertz CT molecular complexity index is 391. The Hall–Kier alpha value is -0.380. The molecule has 3 nitrogen and oxygen atoms in total. The summed E-state index contributed by atoms with van der Waals surface area (Å²) in [6.07, 6.45) is 7.91. The van der Waals surface area contributed by atoms with E-state index in [9.17, 15) is 0 Å². The Morgan fingerprint density at radius 1 is 1.25 bits per heavy atom. The van der Waals surface area contributed by atoms with Crippen LogP contribution in [0.1, 0.15) is 66.7 Å². The standard InChI is InChI=1S/C21H39NO2/c1-7-13-22(15-17(2)3)14-10-19-16-23-21(24-19)11-8-18(9-12-21)20(4,5)6/h7,17-19H,1,8-16H2,2-6H3. The van der Waals surface area contributed by atoms with Crippen LogP contribution in [0.2, 0.25) is 0 Å². The lowest BCUT2D eigenvalue weighted by atomic mass is 9.71. The molecule has 1 saturated carbocycles. The molecule has 1 saturated heterocycles. The van der Waals surface area contributed by atoms with Crippen molar-refractivity contribution in [3.05, 3.63) is 12.7 Å². The second-order valence-corrected chi connectivity index (χ2v) is 9.33. The van der Waals surface area contributed by atoms with Crippen LogP contribution in [0.5, 0.6) is 0 Å². The lowest BCUT2D eigenvalue weighted by Crippen LogP contribution is -2.39. The van der Waals surface area contributed by atoms with Gasteiger partial charge in [-0.2, -0.15) is 0 Å². The maximum atomic E-state index is 6.41. The molecule has 2 aliphatic rings. The van der Waals surface area contributed by atoms with Crippen molar-refractivity contribution in [2.75, 3.05) is 26.2 Å². The van der Waals surface area contributed by atoms with Gasteiger partial charge in [0.05, 0.1) is 12.7 Å². The summed E-state index contributed by atoms with van der Waals surface area (Å²) in [6, 6.07) is 0. The van der Waals surface area contributed by atoms with Gasteiger partial charge in [0.15, 0.2) is 5.79 Å². The fraction of sp³-hybridized carbons (Fsp3) is 0.905. The molecule has 0 radical (unpaired) electrons. The summed E-state index contributed by atoms with van der Waals surface area (Å²) < 4.78 is 12.6. The Labute approximate surface area is 149 Å². The van der Waals surface area contributed by atoms with Crippen LogP contribution >= 0.6 is 0 Å². The Balaban J connectivity index is 1.78. The number of hydrogen-bond donors (Lipinski definition) is 0. The molecule has 0 amide bonds. The van der Waals surface area contributed by atoms with Gasteiger partial charge in [-0.25, -0.2) is 0 Å². The first-order valence-electron chi connectivity index (χ1n) is 9.89. The molecule has 2 fully saturated rings. The van der Waals surface area contributed by atoms with Gasteiger partial charge in [0.2, 0.25) is 0 Å². The summed E-state index contributed by atoms with van der Waals surface area (Å²) >= 11 is 0. The number of hydrogen-bond acceptors (Lipinski definition) is 3. The zero-order valence-corrected chi connectivity index (χ0v) is 16.6. The smallest absolute Gasteiger partial charge is 0.168 e. The van der Waals surface area contributed by atoms with Crippen LogP contribution in [0.4, 0.5) is 0 Å². The lowest BCUT2D eigenvalue weighted by Gasteiger charge is -2.41. The van der Waals surface area contributed by atoms with Gasteiger partial charge in [-0.3, -0.25) is 4.90 Å². The highest BCUT2D eigenvalue weighted by molar-refractivity contribution is 4.89. The van der Waals surface area contributed by atoms with Gasteiger partial charge in [-0.1, -0.05) is 40.7 Å². The molecule has 0 N–H and O–H groups in total. The molecule has 3 heteroatoms. The van der Waals surface area contributed by atoms with E-state index < -0.39 is 0 Å². The van der Waals surface area contributed by atoms with Crippen molar-refractivity contribution in [2.24, 2.45) is 17.3 Å². The van der Waals surface area contributed by atoms with Crippen molar-refractivity contribution >= 4 is 0 Å². The monoisotopic (exact) mass is 337 g/mol. The van der Waals surface area contributed by atoms with Crippen molar-refractivity contribution in [3.8, 4) is 0 Å². The lowest BCUT2D eigenvalue weighted by molar-refractivity contribution is -0.197. The van der Waals surface area contributed by atoms with Crippen molar-refractivity contribution in [1.29, 1.82) is 0 Å². The molecule has 24 heavy (non-hydrogen) atoms. The second kappa shape index (κ2) is 8.33. The van der Waals surface area contributed by atoms with Crippen molar-refractivity contribution < 1.29 is 9.47 Å². The topological polar surface area (TPSA) is 21.7 Å². The molecule has 140 valence electrons. The molecule has 0 aromatic carbocycles. The fourth-order valence-electron chi connectivity index (χ4n) is 4.23. The SMILES string of the molecule is C=CCN(CCC1COC2(CCC(C(C)(C)C)CC2)O1)CC(C)C. The van der Waals surface area contributed by atoms with Crippen molar-refractivity contribution in [1.82, 2.24) is 4.90 Å². The van der Waals surface area contributed by atoms with Crippen LogP contribution in [-0.4, -0.2) is 43.0 Å². The van der Waals surface area contributed by atoms with Gasteiger partial charge in [-0.05, 0) is 36.5 Å². The van der Waals surface area contributed by atoms with Crippen LogP contribution in [-0.2, 0) is 9.47 Å². The minimum absolute atomic E-state index is 0.260. The fourth-order valence-corrected chi connectivity index (χ4v) is 4.23. The minimum Gasteiger partial charge on any atom is -0.347 e. The summed E-state index contributed by atoms with van der Waals surface area (Å²) in [5.74, 6) is 1.21. The van der Waals surface area contributed by atoms with Gasteiger partial charge in [0.1, 0.15) is 0 Å². The minimum atomic E-state index is -0.270. The van der Waals surface area contributed by atoms with E-state index in [1.165, 1.54) is 12.8 Å². The number of ether oxygens (including phenoxy) is 2. The summed E-state index contributed by atoms with van der Waals surface area (Å²) in [4.78, 5) is 2.47. The first-order valence-corrected chi connectivity index (χ1v) is 9.89. The van der Waals surface area contributed by atoms with E-state index in [-0.39, 0.29) is 11.9 Å². The highest BCUT2D eigenvalue weighted by Crippen LogP contribution is 2.45. The first kappa shape index (κ1) is 19.9. The summed E-state index contributed by atoms with van der Waals surface area (Å²) in [6.45, 7) is 19.4. The molecule has 1 heterocycles. The highest BCUT2D eigenvalue weighted by atomic mass is 16.7. The second-order valence-electron chi connectivity index (χ2n) is 9.33. The molecule has 1 atom stereocenters. The highest BCUT2D eigenvalue weighted by Gasteiger charge is 2.45. The largest absolute Gasteiger partial charge is 0.347 e. The third-order valence-corrected chi connectivity index (χ3v) is 5.66. The van der Waals surface area contributed by atoms with Crippen molar-refractivity contribution in [3.63, 3.8) is 0 Å². The molecule has 0 aromatic rings. The van der Waals surface area contributed by atoms with Gasteiger partial charge < -0.3 is 9.47 Å². The van der Waals surface area contributed by atoms with Crippen LogP contribution in [0.15, 0.2) is 12.7 Å². The van der Waals surface area contributed by atoms with E-state index in [1.807, 2.05) is 6.08 Å². The Kier molecular flexibility index (Phi) is 6.92. The van der Waals surface area contributed by atoms with E-state index in [1.54, 1.807) is 0 Å². The van der Waals surface area contributed by atoms with E-state index in [2.05, 4.69) is 46.1 Å². The average Bonchev–Trinajstić information content (AvgIpc) is 2.87. The maximum absolute atomic E-state index is 6.41. The Morgan fingerprint density at radius 2 is 1.92 bits per heavy atom. The van der Waals surface area contributed by atoms with E-state index in [0.29, 0.717) is 11.3 Å². The van der Waals surface area contributed by atoms with E-state index >= 15 is 0 Å². The third kappa shape index (κ3) is 5.57. The molecule has 1 unspecified atom stereocenters. The summed E-state index contributed by atoms with van der Waals surface area (Å²) in [7, 11) is 0. The Morgan fingerprint density at radius 3 is 2.46 bits per heavy atom. The predicted octanol–water partition coefficient (Wildman–Crippen LogP) is 4.87. The zero-order chi connectivity index (χ0) is 17.8. The zero-order valence-electron chi connectivity index (χ0n) is 16.6. The third-order valence-electron chi connectivity index (χ3n) is 5.66. The summed E-state index contributed by atoms with van der Waals surface area (Å²) in [5.41, 5.74) is 0.404. The predicted molar refractivity (Wildman–Crippen MR) is 101 cm³/mol. The molecule has 2 rings (SSSR count). The molecule has 1 spiro atoms. The first-order chi connectivity index (χ1) is 11.2. The number of nitrogens with zero attached hydrogens (tertiary/aromatic N) is 1. The normalized spacial score (nSPS) is 31.3. The molecular formula is C21H39NO2. The van der Waals surface area contributed by atoms with Gasteiger partial charge in [0.25, 0.3) is 0 Å². The van der Waals surface area contributed by atoms with E-state index in [4.69, 9.17) is 9.47 Å². The van der Waals surface area contributed by atoms with Gasteiger partial charge >= 0.3 is 0 Å². The van der Waals surface area contributed by atoms with Gasteiger partial charge in [-0.15, -0.1) is 6.58 Å². The molecular weight excluding hydrogens is 298 g/mol. The molecule has 0 aromatic heterocycles. The quantitative estimate of drug-likeness (QED) is 0.619. The average molecular weight is 338 g/mol. The molecule has 1 aliphatic carbocycles. The van der Waals surface area contributed by atoms with Crippen LogP contribution in [0.25, 0.3) is 0 Å². The maximum Gasteiger partial charge on any atom is 0.168 e. The van der Waals surface area contributed by atoms with Gasteiger partial charge in [0, 0.05) is 32.5 Å². The molecule has 1 aliphatic heterocycles. The van der Waals surface area contributed by atoms with Crippen LogP contribution in [0, 0.1) is 17.3 Å².